The van der Waals surface area contributed by atoms with E-state index in [2.05, 4.69) is 11.9 Å². The summed E-state index contributed by atoms with van der Waals surface area (Å²) in [5, 5.41) is 8.61. The maximum Gasteiger partial charge on any atom is 0.329 e. The summed E-state index contributed by atoms with van der Waals surface area (Å²) < 4.78 is 5.32. The smallest absolute Gasteiger partial charge is 0.329 e. The fourth-order valence-corrected chi connectivity index (χ4v) is 2.66. The van der Waals surface area contributed by atoms with Crippen LogP contribution in [0.4, 0.5) is 4.79 Å². The van der Waals surface area contributed by atoms with Crippen molar-refractivity contribution < 1.29 is 19.4 Å². The number of nitrogens with zero attached hydrogens (tertiary/aromatic N) is 3. The van der Waals surface area contributed by atoms with Crippen LogP contribution in [0.1, 0.15) is 13.3 Å². The molecule has 7 heteroatoms. The number of hydrogen-bond acceptors (Lipinski definition) is 4. The second kappa shape index (κ2) is 5.97. The van der Waals surface area contributed by atoms with E-state index in [1.807, 2.05) is 11.8 Å². The summed E-state index contributed by atoms with van der Waals surface area (Å²) >= 11 is 0. The zero-order valence-corrected chi connectivity index (χ0v) is 12.2. The number of aliphatic carboxylic acids is 1. The number of likely N-dealkylation sites (tertiary alicyclic amines) is 1. The van der Waals surface area contributed by atoms with Gasteiger partial charge in [-0.25, -0.2) is 9.59 Å². The number of ether oxygens (including phenoxy) is 1. The highest BCUT2D eigenvalue weighted by Crippen LogP contribution is 2.26. The van der Waals surface area contributed by atoms with E-state index in [-0.39, 0.29) is 12.6 Å². The first-order chi connectivity index (χ1) is 9.39. The molecule has 2 rings (SSSR count). The number of hydrogen-bond donors (Lipinski definition) is 1. The molecule has 0 atom stereocenters. The van der Waals surface area contributed by atoms with Crippen molar-refractivity contribution in [3.05, 3.63) is 0 Å². The molecule has 2 fully saturated rings. The van der Waals surface area contributed by atoms with Gasteiger partial charge in [0.1, 0.15) is 12.2 Å². The van der Waals surface area contributed by atoms with Crippen LogP contribution in [0.15, 0.2) is 0 Å². The van der Waals surface area contributed by atoms with Crippen LogP contribution in [-0.4, -0.2) is 90.3 Å². The van der Waals surface area contributed by atoms with Gasteiger partial charge in [-0.3, -0.25) is 0 Å². The predicted molar refractivity (Wildman–Crippen MR) is 72.6 cm³/mol. The monoisotopic (exact) mass is 285 g/mol. The Kier molecular flexibility index (Phi) is 4.49. The Bertz CT molecular complexity index is 382. The second-order valence-corrected chi connectivity index (χ2v) is 5.91. The van der Waals surface area contributed by atoms with Gasteiger partial charge >= 0.3 is 12.0 Å². The molecule has 0 aromatic heterocycles. The Hall–Kier alpha value is -1.34. The lowest BCUT2D eigenvalue weighted by Gasteiger charge is -2.48. The van der Waals surface area contributed by atoms with Crippen LogP contribution in [0.25, 0.3) is 0 Å². The average Bonchev–Trinajstić information content (AvgIpc) is 2.57. The summed E-state index contributed by atoms with van der Waals surface area (Å²) in [5.41, 5.74) is -0.517. The molecule has 2 heterocycles. The van der Waals surface area contributed by atoms with Crippen LogP contribution in [0.2, 0.25) is 0 Å². The zero-order valence-electron chi connectivity index (χ0n) is 12.2. The third-order valence-electron chi connectivity index (χ3n) is 3.86. The Morgan fingerprint density at radius 3 is 2.50 bits per heavy atom. The first kappa shape index (κ1) is 15.1. The van der Waals surface area contributed by atoms with E-state index in [1.54, 1.807) is 4.90 Å². The summed E-state index contributed by atoms with van der Waals surface area (Å²) in [4.78, 5) is 28.7. The number of rotatable bonds is 3. The van der Waals surface area contributed by atoms with Crippen molar-refractivity contribution in [1.29, 1.82) is 0 Å². The van der Waals surface area contributed by atoms with E-state index < -0.39 is 11.6 Å². The van der Waals surface area contributed by atoms with Gasteiger partial charge in [0.05, 0.1) is 13.1 Å². The highest BCUT2D eigenvalue weighted by Gasteiger charge is 2.44. The molecule has 0 aromatic rings. The van der Waals surface area contributed by atoms with Crippen LogP contribution in [-0.2, 0) is 9.53 Å². The van der Waals surface area contributed by atoms with Crippen molar-refractivity contribution in [2.24, 2.45) is 0 Å². The molecule has 0 aliphatic carbocycles. The first-order valence-electron chi connectivity index (χ1n) is 6.98. The summed E-state index contributed by atoms with van der Waals surface area (Å²) in [6, 6.07) is 0.0386. The van der Waals surface area contributed by atoms with Gasteiger partial charge in [0.15, 0.2) is 0 Å². The number of amides is 2. The number of urea groups is 1. The van der Waals surface area contributed by atoms with Gasteiger partial charge in [-0.1, -0.05) is 0 Å². The summed E-state index contributed by atoms with van der Waals surface area (Å²) in [6.07, 6.45) is 0.989. The third kappa shape index (κ3) is 3.61. The van der Waals surface area contributed by atoms with Crippen molar-refractivity contribution >= 4 is 12.0 Å². The van der Waals surface area contributed by atoms with E-state index in [0.717, 1.165) is 32.6 Å². The normalized spacial score (nSPS) is 23.1. The minimum atomic E-state index is -0.980. The summed E-state index contributed by atoms with van der Waals surface area (Å²) in [7, 11) is 2.06. The summed E-state index contributed by atoms with van der Waals surface area (Å²) in [6.45, 7) is 5.90. The van der Waals surface area contributed by atoms with E-state index in [0.29, 0.717) is 13.1 Å². The maximum atomic E-state index is 12.3. The van der Waals surface area contributed by atoms with Gasteiger partial charge in [-0.15, -0.1) is 0 Å². The first-order valence-corrected chi connectivity index (χ1v) is 6.98. The van der Waals surface area contributed by atoms with Gasteiger partial charge in [0.2, 0.25) is 0 Å². The quantitative estimate of drug-likeness (QED) is 0.785. The Morgan fingerprint density at radius 2 is 1.85 bits per heavy atom. The van der Waals surface area contributed by atoms with Crippen LogP contribution < -0.4 is 0 Å². The third-order valence-corrected chi connectivity index (χ3v) is 3.86. The Labute approximate surface area is 119 Å². The fourth-order valence-electron chi connectivity index (χ4n) is 2.66. The number of carboxylic acid groups (broad SMARTS) is 1. The molecule has 0 bridgehead atoms. The predicted octanol–water partition coefficient (Wildman–Crippen LogP) is -0.0806. The SMILES string of the molecule is CN1CCCN(C(=O)N2CC(C)(OCC(=O)O)C2)CC1. The topological polar surface area (TPSA) is 73.3 Å². The van der Waals surface area contributed by atoms with Crippen molar-refractivity contribution in [1.82, 2.24) is 14.7 Å². The fraction of sp³-hybridized carbons (Fsp3) is 0.846. The highest BCUT2D eigenvalue weighted by atomic mass is 16.5. The molecule has 2 aliphatic rings. The van der Waals surface area contributed by atoms with Crippen molar-refractivity contribution in [3.8, 4) is 0 Å². The molecule has 0 radical (unpaired) electrons. The second-order valence-electron chi connectivity index (χ2n) is 5.91. The largest absolute Gasteiger partial charge is 0.480 e. The Morgan fingerprint density at radius 1 is 1.15 bits per heavy atom. The van der Waals surface area contributed by atoms with Crippen LogP contribution in [0.5, 0.6) is 0 Å². The molecule has 0 aromatic carbocycles. The number of likely N-dealkylation sites (N-methyl/N-ethyl adjacent to an activating group) is 1. The molecule has 0 spiro atoms. The standard InChI is InChI=1S/C13H23N3O4/c1-13(20-8-11(17)18)9-16(10-13)12(19)15-5-3-4-14(2)6-7-15/h3-10H2,1-2H3,(H,17,18). The lowest BCUT2D eigenvalue weighted by atomic mass is 9.97. The lowest BCUT2D eigenvalue weighted by molar-refractivity contribution is -0.160. The van der Waals surface area contributed by atoms with Crippen molar-refractivity contribution in [3.63, 3.8) is 0 Å². The van der Waals surface area contributed by atoms with Gasteiger partial charge in [0.25, 0.3) is 0 Å². The molecule has 114 valence electrons. The number of carboxylic acids is 1. The van der Waals surface area contributed by atoms with Crippen molar-refractivity contribution in [2.45, 2.75) is 18.9 Å². The van der Waals surface area contributed by atoms with Gasteiger partial charge in [-0.05, 0) is 26.9 Å². The van der Waals surface area contributed by atoms with Gasteiger partial charge in [-0.2, -0.15) is 0 Å². The molecule has 0 unspecified atom stereocenters. The lowest BCUT2D eigenvalue weighted by Crippen LogP contribution is -2.65. The average molecular weight is 285 g/mol. The highest BCUT2D eigenvalue weighted by molar-refractivity contribution is 5.76. The zero-order chi connectivity index (χ0) is 14.8. The molecule has 1 N–H and O–H groups in total. The molecule has 2 aliphatic heterocycles. The van der Waals surface area contributed by atoms with E-state index in [4.69, 9.17) is 9.84 Å². The minimum Gasteiger partial charge on any atom is -0.480 e. The molecule has 2 saturated heterocycles. The van der Waals surface area contributed by atoms with Crippen LogP contribution in [0, 0.1) is 0 Å². The Balaban J connectivity index is 1.79. The van der Waals surface area contributed by atoms with Crippen LogP contribution >= 0.6 is 0 Å². The molecule has 0 saturated carbocycles. The molecule has 20 heavy (non-hydrogen) atoms. The molecule has 2 amide bonds. The number of carbonyl (C=O) groups is 2. The van der Waals surface area contributed by atoms with E-state index in [9.17, 15) is 9.59 Å². The number of carbonyl (C=O) groups excluding carboxylic acids is 1. The minimum absolute atomic E-state index is 0.0386. The summed E-state index contributed by atoms with van der Waals surface area (Å²) in [5.74, 6) is -0.980. The maximum absolute atomic E-state index is 12.3. The van der Waals surface area contributed by atoms with Gasteiger partial charge < -0.3 is 24.5 Å². The molecule has 7 nitrogen and oxygen atoms in total. The van der Waals surface area contributed by atoms with Gasteiger partial charge in [0, 0.05) is 19.6 Å². The van der Waals surface area contributed by atoms with E-state index in [1.165, 1.54) is 0 Å². The molecular formula is C13H23N3O4. The van der Waals surface area contributed by atoms with Crippen molar-refractivity contribution in [2.75, 3.05) is 52.9 Å². The molecular weight excluding hydrogens is 262 g/mol. The van der Waals surface area contributed by atoms with E-state index >= 15 is 0 Å². The van der Waals surface area contributed by atoms with Crippen LogP contribution in [0.3, 0.4) is 0 Å².